The Bertz CT molecular complexity index is 438. The summed E-state index contributed by atoms with van der Waals surface area (Å²) in [6.45, 7) is 8.40. The summed E-state index contributed by atoms with van der Waals surface area (Å²) < 4.78 is 5.44. The predicted octanol–water partition coefficient (Wildman–Crippen LogP) is 2.30. The van der Waals surface area contributed by atoms with Crippen LogP contribution < -0.4 is 0 Å². The molecule has 0 saturated carbocycles. The number of furan rings is 1. The fourth-order valence-corrected chi connectivity index (χ4v) is 1.70. The molecule has 0 aliphatic carbocycles. The molecule has 0 fully saturated rings. The number of aryl methyl sites for hydroxylation is 2. The molecule has 0 unspecified atom stereocenters. The highest BCUT2D eigenvalue weighted by molar-refractivity contribution is 5.97. The van der Waals surface area contributed by atoms with Crippen molar-refractivity contribution < 1.29 is 9.21 Å². The molecule has 0 saturated heterocycles. The highest BCUT2D eigenvalue weighted by Crippen LogP contribution is 2.22. The van der Waals surface area contributed by atoms with Crippen molar-refractivity contribution in [1.29, 1.82) is 0 Å². The summed E-state index contributed by atoms with van der Waals surface area (Å²) in [6, 6.07) is 0. The van der Waals surface area contributed by atoms with Crippen LogP contribution in [0.15, 0.2) is 4.42 Å². The van der Waals surface area contributed by atoms with Crippen molar-refractivity contribution in [1.82, 2.24) is 4.90 Å². The average Bonchev–Trinajstić information content (AvgIpc) is 2.49. The second-order valence-electron chi connectivity index (χ2n) is 3.74. The number of nitrogens with zero attached hydrogens (tertiary/aromatic N) is 1. The van der Waals surface area contributed by atoms with Crippen LogP contribution in [0.25, 0.3) is 0 Å². The molecule has 0 atom stereocenters. The van der Waals surface area contributed by atoms with E-state index in [1.807, 2.05) is 20.8 Å². The Kier molecular flexibility index (Phi) is 3.78. The van der Waals surface area contributed by atoms with Crippen LogP contribution in [0.5, 0.6) is 0 Å². The van der Waals surface area contributed by atoms with Crippen molar-refractivity contribution in [3.8, 4) is 12.3 Å². The first-order chi connectivity index (χ1) is 7.52. The van der Waals surface area contributed by atoms with Crippen molar-refractivity contribution in [3.63, 3.8) is 0 Å². The lowest BCUT2D eigenvalue weighted by molar-refractivity contribution is 0.0782. The van der Waals surface area contributed by atoms with E-state index in [2.05, 4.69) is 5.92 Å². The van der Waals surface area contributed by atoms with Crippen LogP contribution in [-0.2, 0) is 0 Å². The molecular weight excluding hydrogens is 202 g/mol. The van der Waals surface area contributed by atoms with Gasteiger partial charge in [-0.05, 0) is 27.7 Å². The Morgan fingerprint density at radius 2 is 2.00 bits per heavy atom. The number of rotatable bonds is 3. The number of hydrogen-bond acceptors (Lipinski definition) is 2. The van der Waals surface area contributed by atoms with Gasteiger partial charge in [-0.15, -0.1) is 6.42 Å². The van der Waals surface area contributed by atoms with E-state index in [-0.39, 0.29) is 5.91 Å². The largest absolute Gasteiger partial charge is 0.466 e. The summed E-state index contributed by atoms with van der Waals surface area (Å²) in [4.78, 5) is 13.8. The number of hydrogen-bond donors (Lipinski definition) is 0. The Morgan fingerprint density at radius 1 is 1.38 bits per heavy atom. The average molecular weight is 219 g/mol. The zero-order chi connectivity index (χ0) is 12.3. The zero-order valence-corrected chi connectivity index (χ0v) is 10.3. The third-order valence-electron chi connectivity index (χ3n) is 2.73. The van der Waals surface area contributed by atoms with Crippen molar-refractivity contribution >= 4 is 5.91 Å². The molecule has 3 heteroatoms. The van der Waals surface area contributed by atoms with E-state index >= 15 is 0 Å². The lowest BCUT2D eigenvalue weighted by Crippen LogP contribution is -2.31. The highest BCUT2D eigenvalue weighted by Gasteiger charge is 2.22. The molecule has 1 rings (SSSR count). The predicted molar refractivity (Wildman–Crippen MR) is 63.3 cm³/mol. The molecule has 3 nitrogen and oxygen atoms in total. The molecule has 0 aliphatic heterocycles. The van der Waals surface area contributed by atoms with Gasteiger partial charge in [-0.1, -0.05) is 5.92 Å². The highest BCUT2D eigenvalue weighted by atomic mass is 16.3. The van der Waals surface area contributed by atoms with Gasteiger partial charge in [0, 0.05) is 12.1 Å². The first kappa shape index (κ1) is 12.4. The van der Waals surface area contributed by atoms with E-state index in [9.17, 15) is 4.79 Å². The van der Waals surface area contributed by atoms with Gasteiger partial charge in [0.25, 0.3) is 5.91 Å². The normalized spacial score (nSPS) is 9.94. The second-order valence-corrected chi connectivity index (χ2v) is 3.74. The minimum Gasteiger partial charge on any atom is -0.466 e. The van der Waals surface area contributed by atoms with Gasteiger partial charge in [0.1, 0.15) is 11.5 Å². The number of amides is 1. The fraction of sp³-hybridized carbons (Fsp3) is 0.462. The molecule has 1 heterocycles. The summed E-state index contributed by atoms with van der Waals surface area (Å²) in [5, 5.41) is 0. The smallest absolute Gasteiger partial charge is 0.258 e. The number of terminal acetylenes is 1. The molecule has 16 heavy (non-hydrogen) atoms. The van der Waals surface area contributed by atoms with Crippen LogP contribution >= 0.6 is 0 Å². The lowest BCUT2D eigenvalue weighted by atomic mass is 10.1. The molecule has 1 amide bonds. The maximum absolute atomic E-state index is 12.2. The van der Waals surface area contributed by atoms with E-state index in [4.69, 9.17) is 10.8 Å². The lowest BCUT2D eigenvalue weighted by Gasteiger charge is -2.17. The van der Waals surface area contributed by atoms with Crippen LogP contribution in [0.3, 0.4) is 0 Å². The van der Waals surface area contributed by atoms with E-state index in [0.717, 1.165) is 11.3 Å². The summed E-state index contributed by atoms with van der Waals surface area (Å²) in [7, 11) is 0. The Labute approximate surface area is 96.4 Å². The van der Waals surface area contributed by atoms with E-state index in [1.54, 1.807) is 11.8 Å². The zero-order valence-electron chi connectivity index (χ0n) is 10.3. The van der Waals surface area contributed by atoms with E-state index in [0.29, 0.717) is 24.4 Å². The van der Waals surface area contributed by atoms with Crippen molar-refractivity contribution in [2.24, 2.45) is 0 Å². The number of carbonyl (C=O) groups excluding carboxylic acids is 1. The van der Waals surface area contributed by atoms with Gasteiger partial charge in [0.15, 0.2) is 0 Å². The summed E-state index contributed by atoms with van der Waals surface area (Å²) in [5.41, 5.74) is 1.55. The third kappa shape index (κ3) is 2.11. The molecule has 1 aromatic rings. The molecule has 86 valence electrons. The first-order valence-corrected chi connectivity index (χ1v) is 5.32. The van der Waals surface area contributed by atoms with Crippen molar-refractivity contribution in [2.75, 3.05) is 13.1 Å². The molecule has 0 N–H and O–H groups in total. The third-order valence-corrected chi connectivity index (χ3v) is 2.73. The fourth-order valence-electron chi connectivity index (χ4n) is 1.70. The minimum atomic E-state index is -0.0488. The van der Waals surface area contributed by atoms with Gasteiger partial charge >= 0.3 is 0 Å². The topological polar surface area (TPSA) is 33.5 Å². The molecule has 1 aromatic heterocycles. The van der Waals surface area contributed by atoms with Gasteiger partial charge in [-0.3, -0.25) is 4.79 Å². The van der Waals surface area contributed by atoms with Gasteiger partial charge in [-0.2, -0.15) is 0 Å². The van der Waals surface area contributed by atoms with Crippen LogP contribution in [0.2, 0.25) is 0 Å². The van der Waals surface area contributed by atoms with Crippen molar-refractivity contribution in [3.05, 3.63) is 22.6 Å². The second kappa shape index (κ2) is 4.89. The first-order valence-electron chi connectivity index (χ1n) is 5.32. The van der Waals surface area contributed by atoms with Gasteiger partial charge in [-0.25, -0.2) is 0 Å². The maximum atomic E-state index is 12.2. The van der Waals surface area contributed by atoms with Gasteiger partial charge in [0.05, 0.1) is 12.1 Å². The Hall–Kier alpha value is -1.69. The summed E-state index contributed by atoms with van der Waals surface area (Å²) in [5.74, 6) is 3.89. The summed E-state index contributed by atoms with van der Waals surface area (Å²) in [6.07, 6.45) is 5.23. The van der Waals surface area contributed by atoms with Crippen LogP contribution in [0, 0.1) is 33.1 Å². The summed E-state index contributed by atoms with van der Waals surface area (Å²) >= 11 is 0. The SMILES string of the molecule is C#CCN(CC)C(=O)c1c(C)oc(C)c1C. The monoisotopic (exact) mass is 219 g/mol. The maximum Gasteiger partial charge on any atom is 0.258 e. The molecule has 0 bridgehead atoms. The molecule has 0 aromatic carbocycles. The van der Waals surface area contributed by atoms with E-state index in [1.165, 1.54) is 0 Å². The number of carbonyl (C=O) groups is 1. The molecule has 0 spiro atoms. The van der Waals surface area contributed by atoms with Gasteiger partial charge < -0.3 is 9.32 Å². The molecule has 0 aliphatic rings. The van der Waals surface area contributed by atoms with Crippen molar-refractivity contribution in [2.45, 2.75) is 27.7 Å². The molecular formula is C13H17NO2. The minimum absolute atomic E-state index is 0.0488. The van der Waals surface area contributed by atoms with E-state index < -0.39 is 0 Å². The van der Waals surface area contributed by atoms with Crippen LogP contribution in [-0.4, -0.2) is 23.9 Å². The van der Waals surface area contributed by atoms with Crippen LogP contribution in [0.4, 0.5) is 0 Å². The standard InChI is InChI=1S/C13H17NO2/c1-6-8-14(7-2)13(15)12-9(3)10(4)16-11(12)5/h1H,7-8H2,2-5H3. The Balaban J connectivity index is 3.09. The van der Waals surface area contributed by atoms with Crippen LogP contribution in [0.1, 0.15) is 34.4 Å². The molecule has 0 radical (unpaired) electrons. The Morgan fingerprint density at radius 3 is 2.38 bits per heavy atom. The quantitative estimate of drug-likeness (QED) is 0.731. The van der Waals surface area contributed by atoms with Gasteiger partial charge in [0.2, 0.25) is 0 Å².